The number of halogens is 1. The smallest absolute Gasteiger partial charge is 0.193 e. The summed E-state index contributed by atoms with van der Waals surface area (Å²) in [5.74, 6) is 0.994. The molecule has 0 aromatic carbocycles. The van der Waals surface area contributed by atoms with Gasteiger partial charge in [-0.1, -0.05) is 6.08 Å². The average molecular weight is 408 g/mol. The summed E-state index contributed by atoms with van der Waals surface area (Å²) in [4.78, 5) is 9.15. The van der Waals surface area contributed by atoms with Crippen LogP contribution in [-0.2, 0) is 0 Å². The number of rotatable bonds is 9. The molecule has 0 amide bonds. The number of nitrogens with one attached hydrogen (secondary N) is 1. The first-order valence-electron chi connectivity index (χ1n) is 7.88. The second-order valence-electron chi connectivity index (χ2n) is 5.89. The van der Waals surface area contributed by atoms with Gasteiger partial charge in [-0.25, -0.2) is 0 Å². The molecule has 0 atom stereocenters. The number of hydrogen-bond donors (Lipinski definition) is 1. The third-order valence-corrected chi connectivity index (χ3v) is 3.81. The third-order valence-electron chi connectivity index (χ3n) is 3.81. The molecule has 0 spiro atoms. The lowest BCUT2D eigenvalue weighted by molar-refractivity contribution is 0.214. The quantitative estimate of drug-likeness (QED) is 0.209. The van der Waals surface area contributed by atoms with Gasteiger partial charge in [0.25, 0.3) is 0 Å². The lowest BCUT2D eigenvalue weighted by Crippen LogP contribution is -2.44. The summed E-state index contributed by atoms with van der Waals surface area (Å²) < 4.78 is 0. The van der Waals surface area contributed by atoms with Crippen molar-refractivity contribution in [2.45, 2.75) is 51.6 Å². The molecule has 1 fully saturated rings. The molecule has 0 unspecified atom stereocenters. The molecule has 0 saturated heterocycles. The van der Waals surface area contributed by atoms with Gasteiger partial charge in [0.1, 0.15) is 0 Å². The highest BCUT2D eigenvalue weighted by Gasteiger charge is 2.30. The van der Waals surface area contributed by atoms with Crippen LogP contribution in [0.2, 0.25) is 0 Å². The lowest BCUT2D eigenvalue weighted by Gasteiger charge is -2.28. The molecule has 1 aliphatic rings. The van der Waals surface area contributed by atoms with Gasteiger partial charge in [-0.15, -0.1) is 30.6 Å². The van der Waals surface area contributed by atoms with Gasteiger partial charge in [0.2, 0.25) is 0 Å². The minimum atomic E-state index is 0. The predicted octanol–water partition coefficient (Wildman–Crippen LogP) is 2.95. The van der Waals surface area contributed by atoms with Gasteiger partial charge >= 0.3 is 0 Å². The van der Waals surface area contributed by atoms with Gasteiger partial charge in [0.05, 0.1) is 0 Å². The molecule has 5 heteroatoms. The maximum absolute atomic E-state index is 4.36. The molecule has 0 radical (unpaired) electrons. The number of unbranched alkanes of at least 4 members (excludes halogenated alkanes) is 1. The van der Waals surface area contributed by atoms with E-state index < -0.39 is 0 Å². The van der Waals surface area contributed by atoms with E-state index in [0.29, 0.717) is 6.04 Å². The zero-order valence-electron chi connectivity index (χ0n) is 14.1. The highest BCUT2D eigenvalue weighted by Crippen LogP contribution is 2.27. The molecule has 21 heavy (non-hydrogen) atoms. The first kappa shape index (κ1) is 20.7. The summed E-state index contributed by atoms with van der Waals surface area (Å²) in [6.45, 7) is 11.4. The van der Waals surface area contributed by atoms with Crippen molar-refractivity contribution in [2.24, 2.45) is 4.99 Å². The van der Waals surface area contributed by atoms with E-state index in [0.717, 1.165) is 44.5 Å². The second-order valence-corrected chi connectivity index (χ2v) is 5.89. The largest absolute Gasteiger partial charge is 0.355 e. The molecule has 0 aromatic rings. The van der Waals surface area contributed by atoms with E-state index in [1.165, 1.54) is 12.8 Å². The van der Waals surface area contributed by atoms with Crippen molar-refractivity contribution in [3.05, 3.63) is 12.7 Å². The van der Waals surface area contributed by atoms with E-state index >= 15 is 0 Å². The zero-order chi connectivity index (χ0) is 15.0. The topological polar surface area (TPSA) is 30.9 Å². The fourth-order valence-corrected chi connectivity index (χ4v) is 2.53. The molecule has 124 valence electrons. The van der Waals surface area contributed by atoms with E-state index in [1.54, 1.807) is 0 Å². The number of aliphatic imine (C=N–C) groups is 1. The number of guanidine groups is 1. The van der Waals surface area contributed by atoms with Crippen LogP contribution in [-0.4, -0.2) is 61.6 Å². The molecular weight excluding hydrogens is 375 g/mol. The molecule has 4 nitrogen and oxygen atoms in total. The van der Waals surface area contributed by atoms with Gasteiger partial charge in [-0.05, 0) is 39.5 Å². The predicted molar refractivity (Wildman–Crippen MR) is 104 cm³/mol. The molecule has 1 saturated carbocycles. The van der Waals surface area contributed by atoms with E-state index in [1.807, 2.05) is 13.1 Å². The summed E-state index contributed by atoms with van der Waals surface area (Å²) in [6.07, 6.45) is 6.90. The summed E-state index contributed by atoms with van der Waals surface area (Å²) in [6, 6.07) is 1.46. The molecule has 0 heterocycles. The normalized spacial score (nSPS) is 15.0. The first-order valence-corrected chi connectivity index (χ1v) is 7.88. The highest BCUT2D eigenvalue weighted by atomic mass is 127. The van der Waals surface area contributed by atoms with E-state index in [9.17, 15) is 0 Å². The fourth-order valence-electron chi connectivity index (χ4n) is 2.53. The van der Waals surface area contributed by atoms with Crippen LogP contribution in [0.3, 0.4) is 0 Å². The summed E-state index contributed by atoms with van der Waals surface area (Å²) in [5.41, 5.74) is 0. The van der Waals surface area contributed by atoms with E-state index in [2.05, 4.69) is 47.6 Å². The van der Waals surface area contributed by atoms with Crippen molar-refractivity contribution in [2.75, 3.05) is 33.7 Å². The minimum absolute atomic E-state index is 0. The van der Waals surface area contributed by atoms with Gasteiger partial charge in [0.15, 0.2) is 5.96 Å². The van der Waals surface area contributed by atoms with Crippen molar-refractivity contribution in [1.29, 1.82) is 0 Å². The monoisotopic (exact) mass is 408 g/mol. The average Bonchev–Trinajstić information content (AvgIpc) is 3.23. The first-order chi connectivity index (χ1) is 9.60. The van der Waals surface area contributed by atoms with Crippen LogP contribution >= 0.6 is 24.0 Å². The summed E-state index contributed by atoms with van der Waals surface area (Å²) in [5, 5.41) is 3.47. The van der Waals surface area contributed by atoms with Crippen LogP contribution in [0.1, 0.15) is 39.5 Å². The van der Waals surface area contributed by atoms with Crippen LogP contribution in [0, 0.1) is 0 Å². The molecule has 1 rings (SSSR count). The Labute approximate surface area is 148 Å². The molecule has 1 aliphatic carbocycles. The Bertz CT molecular complexity index is 311. The van der Waals surface area contributed by atoms with Crippen LogP contribution in [0.15, 0.2) is 17.6 Å². The standard InChI is InChI=1S/C16H32N4.HI/c1-6-7-8-12-19(5)16(17-4)18-11-13-20(14(2)3)15-9-10-15;/h6,14-15H,1,7-13H2,2-5H3,(H,17,18);1H. The fraction of sp³-hybridized carbons (Fsp3) is 0.812. The van der Waals surface area contributed by atoms with Crippen molar-refractivity contribution < 1.29 is 0 Å². The van der Waals surface area contributed by atoms with Crippen LogP contribution < -0.4 is 5.32 Å². The van der Waals surface area contributed by atoms with E-state index in [4.69, 9.17) is 0 Å². The highest BCUT2D eigenvalue weighted by molar-refractivity contribution is 14.0. The molecule has 0 bridgehead atoms. The Hall–Kier alpha value is -0.300. The van der Waals surface area contributed by atoms with Crippen LogP contribution in [0.25, 0.3) is 0 Å². The van der Waals surface area contributed by atoms with Crippen molar-refractivity contribution in [3.8, 4) is 0 Å². The third kappa shape index (κ3) is 8.04. The second kappa shape index (κ2) is 11.3. The van der Waals surface area contributed by atoms with Crippen molar-refractivity contribution in [1.82, 2.24) is 15.1 Å². The summed E-state index contributed by atoms with van der Waals surface area (Å²) in [7, 11) is 3.95. The Morgan fingerprint density at radius 3 is 2.52 bits per heavy atom. The zero-order valence-corrected chi connectivity index (χ0v) is 16.5. The Morgan fingerprint density at radius 1 is 1.38 bits per heavy atom. The SMILES string of the molecule is C=CCCCN(C)C(=NC)NCCN(C(C)C)C1CC1.I. The van der Waals surface area contributed by atoms with Crippen molar-refractivity contribution >= 4 is 29.9 Å². The van der Waals surface area contributed by atoms with Crippen molar-refractivity contribution in [3.63, 3.8) is 0 Å². The van der Waals surface area contributed by atoms with Gasteiger partial charge in [0, 0.05) is 45.8 Å². The Balaban J connectivity index is 0.00000400. The number of allylic oxidation sites excluding steroid dienone is 1. The van der Waals surface area contributed by atoms with E-state index in [-0.39, 0.29) is 24.0 Å². The number of hydrogen-bond acceptors (Lipinski definition) is 2. The van der Waals surface area contributed by atoms with Crippen LogP contribution in [0.5, 0.6) is 0 Å². The molecular formula is C16H33IN4. The van der Waals surface area contributed by atoms with Gasteiger partial charge < -0.3 is 10.2 Å². The lowest BCUT2D eigenvalue weighted by atomic mass is 10.3. The number of nitrogens with zero attached hydrogens (tertiary/aromatic N) is 3. The van der Waals surface area contributed by atoms with Gasteiger partial charge in [-0.2, -0.15) is 0 Å². The minimum Gasteiger partial charge on any atom is -0.355 e. The molecule has 1 N–H and O–H groups in total. The molecule has 0 aliphatic heterocycles. The summed E-state index contributed by atoms with van der Waals surface area (Å²) >= 11 is 0. The van der Waals surface area contributed by atoms with Crippen LogP contribution in [0.4, 0.5) is 0 Å². The Kier molecular flexibility index (Phi) is 11.1. The maximum atomic E-state index is 4.36. The van der Waals surface area contributed by atoms with Gasteiger partial charge in [-0.3, -0.25) is 9.89 Å². The maximum Gasteiger partial charge on any atom is 0.193 e. The molecule has 0 aromatic heterocycles. The Morgan fingerprint density at radius 2 is 2.05 bits per heavy atom.